The second kappa shape index (κ2) is 43.4. The van der Waals surface area contributed by atoms with Crippen LogP contribution in [0.15, 0.2) is 36.5 Å². The van der Waals surface area contributed by atoms with Crippen LogP contribution in [-0.2, 0) is 23.7 Å². The number of unbranched alkanes of at least 4 members (excludes halogenated alkanes) is 28. The number of ether oxygens (including phenoxy) is 4. The van der Waals surface area contributed by atoms with Crippen LogP contribution in [0, 0.1) is 0 Å². The lowest BCUT2D eigenvalue weighted by Gasteiger charge is -2.46. The number of carbonyl (C=O) groups is 1. The molecule has 0 radical (unpaired) electrons. The lowest BCUT2D eigenvalue weighted by molar-refractivity contribution is -0.359. The Morgan fingerprint density at radius 1 is 0.493 bits per heavy atom. The lowest BCUT2D eigenvalue weighted by Crippen LogP contribution is -2.65. The third-order valence-electron chi connectivity index (χ3n) is 14.0. The summed E-state index contributed by atoms with van der Waals surface area (Å²) in [6.45, 7) is 2.74. The number of hydrogen-bond acceptors (Lipinski definition) is 13. The van der Waals surface area contributed by atoms with E-state index >= 15 is 0 Å². The quantitative estimate of drug-likeness (QED) is 0.0205. The highest BCUT2D eigenvalue weighted by Gasteiger charge is 2.51. The normalized spacial score (nSPS) is 26.0. The fourth-order valence-electron chi connectivity index (χ4n) is 9.36. The van der Waals surface area contributed by atoms with E-state index in [2.05, 4.69) is 43.5 Å². The minimum absolute atomic E-state index is 0.250. The molecule has 2 aliphatic heterocycles. The van der Waals surface area contributed by atoms with Crippen molar-refractivity contribution in [3.05, 3.63) is 36.5 Å². The number of carbonyl (C=O) groups excluding carboxylic acids is 1. The molecule has 12 atom stereocenters. The van der Waals surface area contributed by atoms with E-state index in [9.17, 15) is 45.6 Å². The van der Waals surface area contributed by atoms with Crippen LogP contribution in [0.2, 0.25) is 0 Å². The zero-order valence-electron chi connectivity index (χ0n) is 44.5. The van der Waals surface area contributed by atoms with Crippen LogP contribution in [0.1, 0.15) is 226 Å². The molecule has 0 aromatic heterocycles. The molecule has 0 bridgehead atoms. The van der Waals surface area contributed by atoms with Gasteiger partial charge >= 0.3 is 0 Å². The Labute approximate surface area is 430 Å². The predicted molar refractivity (Wildman–Crippen MR) is 281 cm³/mol. The lowest BCUT2D eigenvalue weighted by atomic mass is 9.97. The second-order valence-corrected chi connectivity index (χ2v) is 20.4. The molecule has 416 valence electrons. The molecule has 71 heavy (non-hydrogen) atoms. The molecule has 14 nitrogen and oxygen atoms in total. The summed E-state index contributed by atoms with van der Waals surface area (Å²) in [5.74, 6) is -0.250. The van der Waals surface area contributed by atoms with Gasteiger partial charge in [0.05, 0.1) is 32.0 Å². The van der Waals surface area contributed by atoms with Crippen molar-refractivity contribution in [1.82, 2.24) is 5.32 Å². The van der Waals surface area contributed by atoms with E-state index in [1.807, 2.05) is 6.08 Å². The number of aliphatic hydroxyl groups excluding tert-OH is 8. The minimum Gasteiger partial charge on any atom is -0.394 e. The van der Waals surface area contributed by atoms with Crippen LogP contribution in [-0.4, -0.2) is 140 Å². The molecule has 0 aromatic rings. The molecular formula is C57H105NO13. The van der Waals surface area contributed by atoms with Gasteiger partial charge in [-0.15, -0.1) is 0 Å². The molecule has 2 heterocycles. The molecule has 2 fully saturated rings. The Kier molecular flexibility index (Phi) is 40.0. The van der Waals surface area contributed by atoms with Gasteiger partial charge in [-0.25, -0.2) is 0 Å². The Bertz CT molecular complexity index is 1330. The second-order valence-electron chi connectivity index (χ2n) is 20.4. The first-order valence-corrected chi connectivity index (χ1v) is 28.7. The first kappa shape index (κ1) is 65.3. The molecule has 1 amide bonds. The van der Waals surface area contributed by atoms with Crippen molar-refractivity contribution in [1.29, 1.82) is 0 Å². The first-order valence-electron chi connectivity index (χ1n) is 28.7. The molecule has 0 saturated carbocycles. The minimum atomic E-state index is -1.79. The monoisotopic (exact) mass is 1010 g/mol. The zero-order valence-corrected chi connectivity index (χ0v) is 44.5. The maximum Gasteiger partial charge on any atom is 0.220 e. The van der Waals surface area contributed by atoms with E-state index < -0.39 is 86.8 Å². The van der Waals surface area contributed by atoms with E-state index in [-0.39, 0.29) is 18.9 Å². The van der Waals surface area contributed by atoms with Crippen LogP contribution < -0.4 is 5.32 Å². The topological polar surface area (TPSA) is 228 Å². The third-order valence-corrected chi connectivity index (χ3v) is 14.0. The van der Waals surface area contributed by atoms with Gasteiger partial charge in [0.2, 0.25) is 5.91 Å². The van der Waals surface area contributed by atoms with Crippen LogP contribution in [0.3, 0.4) is 0 Å². The third kappa shape index (κ3) is 29.8. The Morgan fingerprint density at radius 2 is 0.901 bits per heavy atom. The van der Waals surface area contributed by atoms with Gasteiger partial charge in [0.25, 0.3) is 0 Å². The fraction of sp³-hybridized carbons (Fsp3) is 0.877. The SMILES string of the molecule is CCCCCC/C=C/CC/C=C/C(O)C(COC1OC(CO)C(OC2OC(CO)C(O)C(O)C2O)C(O)C1O)NC(=O)CCCCCCCCCCCCCCCCC/C=C\CCCCCCCCCC. The van der Waals surface area contributed by atoms with Gasteiger partial charge in [0.1, 0.15) is 48.8 Å². The summed E-state index contributed by atoms with van der Waals surface area (Å²) in [7, 11) is 0. The highest BCUT2D eigenvalue weighted by atomic mass is 16.7. The van der Waals surface area contributed by atoms with Gasteiger partial charge in [-0.2, -0.15) is 0 Å². The van der Waals surface area contributed by atoms with Crippen molar-refractivity contribution in [3.63, 3.8) is 0 Å². The average Bonchev–Trinajstić information content (AvgIpc) is 3.37. The van der Waals surface area contributed by atoms with Crippen LogP contribution in [0.4, 0.5) is 0 Å². The van der Waals surface area contributed by atoms with Crippen molar-refractivity contribution in [2.75, 3.05) is 19.8 Å². The molecule has 2 rings (SSSR count). The predicted octanol–water partition coefficient (Wildman–Crippen LogP) is 9.05. The summed E-state index contributed by atoms with van der Waals surface area (Å²) in [6, 6.07) is -0.928. The standard InChI is InChI=1S/C57H105NO13/c1-3-5-7-9-11-13-15-16-17-18-19-20-21-22-23-24-25-26-27-28-29-30-31-33-35-37-39-41-49(62)58-45(46(61)40-38-36-34-32-14-12-10-8-6-4-2)44-68-56-54(67)52(65)55(48(43-60)70-56)71-57-53(66)51(64)50(63)47(42-59)69-57/h14,18-19,32,38,40,45-48,50-57,59-61,63-67H,3-13,15-17,20-31,33-37,39,41-44H2,1-2H3,(H,58,62)/b19-18-,32-14+,40-38+. The number of rotatable bonds is 45. The largest absolute Gasteiger partial charge is 0.394 e. The molecule has 0 aliphatic carbocycles. The van der Waals surface area contributed by atoms with Crippen molar-refractivity contribution in [2.24, 2.45) is 0 Å². The van der Waals surface area contributed by atoms with Gasteiger partial charge < -0.3 is 65.1 Å². The van der Waals surface area contributed by atoms with E-state index in [1.54, 1.807) is 6.08 Å². The van der Waals surface area contributed by atoms with Gasteiger partial charge in [-0.1, -0.05) is 198 Å². The van der Waals surface area contributed by atoms with Crippen molar-refractivity contribution >= 4 is 5.91 Å². The Hall–Kier alpha value is -1.79. The van der Waals surface area contributed by atoms with Gasteiger partial charge in [-0.05, 0) is 57.8 Å². The summed E-state index contributed by atoms with van der Waals surface area (Å²) in [6.07, 6.45) is 35.0. The number of hydrogen-bond donors (Lipinski definition) is 9. The number of amides is 1. The zero-order chi connectivity index (χ0) is 51.7. The number of aliphatic hydroxyl groups is 8. The molecule has 14 heteroatoms. The maximum atomic E-state index is 13.2. The molecule has 2 saturated heterocycles. The summed E-state index contributed by atoms with van der Waals surface area (Å²) >= 11 is 0. The molecule has 9 N–H and O–H groups in total. The molecule has 12 unspecified atom stereocenters. The summed E-state index contributed by atoms with van der Waals surface area (Å²) in [5, 5.41) is 86.7. The summed E-state index contributed by atoms with van der Waals surface area (Å²) < 4.78 is 22.7. The van der Waals surface area contributed by atoms with E-state index in [0.29, 0.717) is 12.8 Å². The maximum absolute atomic E-state index is 13.2. The smallest absolute Gasteiger partial charge is 0.220 e. The van der Waals surface area contributed by atoms with Crippen molar-refractivity contribution in [3.8, 4) is 0 Å². The van der Waals surface area contributed by atoms with Crippen molar-refractivity contribution < 1.29 is 64.6 Å². The highest BCUT2D eigenvalue weighted by molar-refractivity contribution is 5.76. The van der Waals surface area contributed by atoms with Gasteiger partial charge in [-0.3, -0.25) is 4.79 Å². The van der Waals surface area contributed by atoms with E-state index in [0.717, 1.165) is 32.1 Å². The van der Waals surface area contributed by atoms with Crippen LogP contribution in [0.25, 0.3) is 0 Å². The molecule has 2 aliphatic rings. The molecule has 0 aromatic carbocycles. The summed E-state index contributed by atoms with van der Waals surface area (Å²) in [5.41, 5.74) is 0. The fourth-order valence-corrected chi connectivity index (χ4v) is 9.36. The molecular weight excluding hydrogens is 907 g/mol. The van der Waals surface area contributed by atoms with Gasteiger partial charge in [0, 0.05) is 6.42 Å². The van der Waals surface area contributed by atoms with Crippen molar-refractivity contribution in [2.45, 2.75) is 299 Å². The Balaban J connectivity index is 1.68. The van der Waals surface area contributed by atoms with Crippen LogP contribution >= 0.6 is 0 Å². The van der Waals surface area contributed by atoms with E-state index in [4.69, 9.17) is 18.9 Å². The number of allylic oxidation sites excluding steroid dienone is 5. The molecule has 0 spiro atoms. The average molecular weight is 1010 g/mol. The Morgan fingerprint density at radius 3 is 1.39 bits per heavy atom. The first-order chi connectivity index (χ1) is 34.6. The van der Waals surface area contributed by atoms with Gasteiger partial charge in [0.15, 0.2) is 12.6 Å². The van der Waals surface area contributed by atoms with Crippen LogP contribution in [0.5, 0.6) is 0 Å². The number of nitrogens with one attached hydrogen (secondary N) is 1. The van der Waals surface area contributed by atoms with E-state index in [1.165, 1.54) is 161 Å². The highest BCUT2D eigenvalue weighted by Crippen LogP contribution is 2.30. The summed E-state index contributed by atoms with van der Waals surface area (Å²) in [4.78, 5) is 13.2.